The van der Waals surface area contributed by atoms with Crippen molar-refractivity contribution in [2.24, 2.45) is 5.10 Å². The summed E-state index contributed by atoms with van der Waals surface area (Å²) < 4.78 is 23.1. The molecule has 2 rings (SSSR count). The minimum Gasteiger partial charge on any atom is -0.493 e. The summed E-state index contributed by atoms with van der Waals surface area (Å²) in [5.41, 5.74) is 3.73. The van der Waals surface area contributed by atoms with Crippen molar-refractivity contribution in [2.75, 3.05) is 14.2 Å². The SMILES string of the molecule is COc1cc(/C=N\NC(=O)Cc2ccc(F)cc2)cc(Cl)c1OC. The number of hydrazone groups is 1. The summed E-state index contributed by atoms with van der Waals surface area (Å²) in [6, 6.07) is 9.02. The number of amides is 1. The van der Waals surface area contributed by atoms with Gasteiger partial charge in [0, 0.05) is 0 Å². The van der Waals surface area contributed by atoms with Crippen LogP contribution in [0.25, 0.3) is 0 Å². The molecule has 0 radical (unpaired) electrons. The minimum absolute atomic E-state index is 0.101. The summed E-state index contributed by atoms with van der Waals surface area (Å²) in [6.07, 6.45) is 1.54. The molecule has 0 aliphatic rings. The molecule has 1 amide bonds. The Balaban J connectivity index is 1.99. The topological polar surface area (TPSA) is 59.9 Å². The van der Waals surface area contributed by atoms with E-state index in [0.717, 1.165) is 0 Å². The highest BCUT2D eigenvalue weighted by molar-refractivity contribution is 6.32. The molecule has 0 heterocycles. The van der Waals surface area contributed by atoms with Crippen LogP contribution in [0.3, 0.4) is 0 Å². The van der Waals surface area contributed by atoms with E-state index in [1.54, 1.807) is 24.3 Å². The average Bonchev–Trinajstić information content (AvgIpc) is 2.56. The Morgan fingerprint density at radius 2 is 1.96 bits per heavy atom. The second kappa shape index (κ2) is 8.31. The highest BCUT2D eigenvalue weighted by Gasteiger charge is 2.10. The highest BCUT2D eigenvalue weighted by Crippen LogP contribution is 2.35. The van der Waals surface area contributed by atoms with Crippen LogP contribution in [0.15, 0.2) is 41.5 Å². The molecule has 126 valence electrons. The van der Waals surface area contributed by atoms with Crippen LogP contribution in [0.5, 0.6) is 11.5 Å². The molecular formula is C17H16ClFN2O3. The van der Waals surface area contributed by atoms with Crippen molar-refractivity contribution in [3.63, 3.8) is 0 Å². The van der Waals surface area contributed by atoms with Crippen molar-refractivity contribution < 1.29 is 18.7 Å². The molecule has 0 aliphatic heterocycles. The lowest BCUT2D eigenvalue weighted by atomic mass is 10.1. The molecule has 0 spiro atoms. The molecule has 0 saturated carbocycles. The molecule has 0 aliphatic carbocycles. The van der Waals surface area contributed by atoms with Crippen molar-refractivity contribution in [1.82, 2.24) is 5.43 Å². The number of rotatable bonds is 6. The van der Waals surface area contributed by atoms with Gasteiger partial charge in [-0.1, -0.05) is 23.7 Å². The second-order valence-corrected chi connectivity index (χ2v) is 5.24. The van der Waals surface area contributed by atoms with Gasteiger partial charge >= 0.3 is 0 Å². The number of nitrogens with one attached hydrogen (secondary N) is 1. The molecule has 0 unspecified atom stereocenters. The fraction of sp³-hybridized carbons (Fsp3) is 0.176. The van der Waals surface area contributed by atoms with E-state index in [2.05, 4.69) is 10.5 Å². The smallest absolute Gasteiger partial charge is 0.244 e. The van der Waals surface area contributed by atoms with Crippen molar-refractivity contribution in [1.29, 1.82) is 0 Å². The maximum atomic E-state index is 12.8. The maximum absolute atomic E-state index is 12.8. The van der Waals surface area contributed by atoms with Gasteiger partial charge in [0.1, 0.15) is 5.82 Å². The molecule has 0 aromatic heterocycles. The van der Waals surface area contributed by atoms with Crippen LogP contribution in [0.1, 0.15) is 11.1 Å². The van der Waals surface area contributed by atoms with E-state index in [-0.39, 0.29) is 18.1 Å². The van der Waals surface area contributed by atoms with Crippen molar-refractivity contribution in [3.8, 4) is 11.5 Å². The van der Waals surface area contributed by atoms with E-state index in [0.29, 0.717) is 27.6 Å². The number of hydrogen-bond acceptors (Lipinski definition) is 4. The van der Waals surface area contributed by atoms with Crippen molar-refractivity contribution >= 4 is 23.7 Å². The molecule has 0 atom stereocenters. The van der Waals surface area contributed by atoms with E-state index in [1.807, 2.05) is 0 Å². The third kappa shape index (κ3) is 4.70. The predicted octanol–water partition coefficient (Wildman–Crippen LogP) is 3.19. The first-order chi connectivity index (χ1) is 11.5. The normalized spacial score (nSPS) is 10.7. The van der Waals surface area contributed by atoms with Gasteiger partial charge in [0.2, 0.25) is 5.91 Å². The van der Waals surface area contributed by atoms with E-state index < -0.39 is 0 Å². The average molecular weight is 351 g/mol. The molecule has 2 aromatic rings. The first-order valence-electron chi connectivity index (χ1n) is 7.01. The quantitative estimate of drug-likeness (QED) is 0.643. The number of ether oxygens (including phenoxy) is 2. The van der Waals surface area contributed by atoms with Gasteiger partial charge in [0.05, 0.1) is 31.9 Å². The lowest BCUT2D eigenvalue weighted by molar-refractivity contribution is -0.120. The number of halogens is 2. The lowest BCUT2D eigenvalue weighted by Gasteiger charge is -2.09. The summed E-state index contributed by atoms with van der Waals surface area (Å²) in [4.78, 5) is 11.8. The van der Waals surface area contributed by atoms with Crippen molar-refractivity contribution in [2.45, 2.75) is 6.42 Å². The molecule has 0 saturated heterocycles. The summed E-state index contributed by atoms with van der Waals surface area (Å²) >= 11 is 6.09. The van der Waals surface area contributed by atoms with Gasteiger partial charge < -0.3 is 9.47 Å². The Bertz CT molecular complexity index is 748. The first-order valence-corrected chi connectivity index (χ1v) is 7.39. The molecule has 0 fully saturated rings. The highest BCUT2D eigenvalue weighted by atomic mass is 35.5. The maximum Gasteiger partial charge on any atom is 0.244 e. The summed E-state index contributed by atoms with van der Waals surface area (Å²) in [7, 11) is 2.99. The standard InChI is InChI=1S/C17H16ClFN2O3/c1-23-15-8-12(7-14(18)17(15)24-2)10-20-21-16(22)9-11-3-5-13(19)6-4-11/h3-8,10H,9H2,1-2H3,(H,21,22)/b20-10-. The fourth-order valence-corrected chi connectivity index (χ4v) is 2.31. The van der Waals surface area contributed by atoms with Crippen LogP contribution in [0.2, 0.25) is 5.02 Å². The van der Waals surface area contributed by atoms with Crippen LogP contribution in [0, 0.1) is 5.82 Å². The minimum atomic E-state index is -0.345. The third-order valence-corrected chi connectivity index (χ3v) is 3.42. The van der Waals surface area contributed by atoms with E-state index >= 15 is 0 Å². The zero-order chi connectivity index (χ0) is 17.5. The van der Waals surface area contributed by atoms with Gasteiger partial charge in [-0.05, 0) is 35.4 Å². The molecule has 2 aromatic carbocycles. The third-order valence-electron chi connectivity index (χ3n) is 3.14. The molecule has 7 heteroatoms. The van der Waals surface area contributed by atoms with Crippen LogP contribution in [-0.4, -0.2) is 26.3 Å². The molecule has 24 heavy (non-hydrogen) atoms. The van der Waals surface area contributed by atoms with E-state index in [9.17, 15) is 9.18 Å². The van der Waals surface area contributed by atoms with Gasteiger partial charge in [-0.15, -0.1) is 0 Å². The first kappa shape index (κ1) is 17.7. The summed E-state index contributed by atoms with van der Waals surface area (Å²) in [6.45, 7) is 0. The Morgan fingerprint density at radius 3 is 2.58 bits per heavy atom. The number of carbonyl (C=O) groups is 1. The van der Waals surface area contributed by atoms with Crippen LogP contribution in [0.4, 0.5) is 4.39 Å². The number of carbonyl (C=O) groups excluding carboxylic acids is 1. The number of methoxy groups -OCH3 is 2. The Morgan fingerprint density at radius 1 is 1.25 bits per heavy atom. The van der Waals surface area contributed by atoms with E-state index in [1.165, 1.54) is 32.6 Å². The summed E-state index contributed by atoms with van der Waals surface area (Å²) in [5.74, 6) is 0.229. The van der Waals surface area contributed by atoms with Gasteiger partial charge in [-0.25, -0.2) is 9.82 Å². The van der Waals surface area contributed by atoms with Crippen LogP contribution < -0.4 is 14.9 Å². The Kier molecular flexibility index (Phi) is 6.14. The van der Waals surface area contributed by atoms with Crippen LogP contribution in [-0.2, 0) is 11.2 Å². The number of nitrogens with zero attached hydrogens (tertiary/aromatic N) is 1. The van der Waals surface area contributed by atoms with Crippen LogP contribution >= 0.6 is 11.6 Å². The van der Waals surface area contributed by atoms with Gasteiger partial charge in [-0.2, -0.15) is 5.10 Å². The largest absolute Gasteiger partial charge is 0.493 e. The fourth-order valence-electron chi connectivity index (χ4n) is 2.02. The van der Waals surface area contributed by atoms with Gasteiger partial charge in [-0.3, -0.25) is 4.79 Å². The monoisotopic (exact) mass is 350 g/mol. The van der Waals surface area contributed by atoms with E-state index in [4.69, 9.17) is 21.1 Å². The lowest BCUT2D eigenvalue weighted by Crippen LogP contribution is -2.19. The molecule has 0 bridgehead atoms. The van der Waals surface area contributed by atoms with Gasteiger partial charge in [0.15, 0.2) is 11.5 Å². The zero-order valence-electron chi connectivity index (χ0n) is 13.2. The van der Waals surface area contributed by atoms with Crippen molar-refractivity contribution in [3.05, 3.63) is 58.4 Å². The number of hydrogen-bond donors (Lipinski definition) is 1. The number of benzene rings is 2. The predicted molar refractivity (Wildman–Crippen MR) is 90.4 cm³/mol. The molecular weight excluding hydrogens is 335 g/mol. The Labute approximate surface area is 144 Å². The van der Waals surface area contributed by atoms with Gasteiger partial charge in [0.25, 0.3) is 0 Å². The summed E-state index contributed by atoms with van der Waals surface area (Å²) in [5, 5.41) is 4.24. The second-order valence-electron chi connectivity index (χ2n) is 4.83. The Hall–Kier alpha value is -2.60. The molecule has 5 nitrogen and oxygen atoms in total. The zero-order valence-corrected chi connectivity index (χ0v) is 13.9. The molecule has 1 N–H and O–H groups in total.